The average molecular weight is 426 g/mol. The van der Waals surface area contributed by atoms with E-state index in [1.807, 2.05) is 36.4 Å². The highest BCUT2D eigenvalue weighted by Crippen LogP contribution is 2.39. The minimum absolute atomic E-state index is 0.0988. The van der Waals surface area contributed by atoms with Gasteiger partial charge in [-0.25, -0.2) is 4.79 Å². The molecule has 1 aromatic heterocycles. The van der Waals surface area contributed by atoms with Crippen molar-refractivity contribution in [3.63, 3.8) is 0 Å². The Morgan fingerprint density at radius 2 is 1.84 bits per heavy atom. The van der Waals surface area contributed by atoms with Crippen LogP contribution < -0.4 is 14.2 Å². The van der Waals surface area contributed by atoms with Crippen molar-refractivity contribution in [3.8, 4) is 17.2 Å². The number of para-hydroxylation sites is 1. The molecule has 0 saturated heterocycles. The number of ether oxygens (including phenoxy) is 3. The SMILES string of the molecule is COc1cccc(/C=C2\Oc3c(ccc(OC(=O)c4cc5ccccc5o4)c3C)C2=O)c1. The summed E-state index contributed by atoms with van der Waals surface area (Å²) < 4.78 is 22.2. The van der Waals surface area contributed by atoms with Crippen molar-refractivity contribution in [3.05, 3.63) is 94.9 Å². The van der Waals surface area contributed by atoms with Gasteiger partial charge in [-0.2, -0.15) is 0 Å². The van der Waals surface area contributed by atoms with Gasteiger partial charge in [0.15, 0.2) is 5.76 Å². The van der Waals surface area contributed by atoms with Crippen LogP contribution in [0, 0.1) is 6.92 Å². The number of fused-ring (bicyclic) bond motifs is 2. The number of Topliss-reactive ketones (excluding diaryl/α,β-unsaturated/α-hetero) is 1. The maximum absolute atomic E-state index is 12.8. The smallest absolute Gasteiger partial charge is 0.379 e. The number of carbonyl (C=O) groups excluding carboxylic acids is 2. The van der Waals surface area contributed by atoms with Gasteiger partial charge in [0.1, 0.15) is 22.8 Å². The van der Waals surface area contributed by atoms with Crippen LogP contribution in [-0.2, 0) is 0 Å². The second kappa shape index (κ2) is 7.74. The molecule has 0 amide bonds. The fourth-order valence-corrected chi connectivity index (χ4v) is 3.59. The highest BCUT2D eigenvalue weighted by atomic mass is 16.5. The Labute approximate surface area is 183 Å². The van der Waals surface area contributed by atoms with Crippen LogP contribution in [0.5, 0.6) is 17.2 Å². The molecule has 1 aliphatic heterocycles. The zero-order valence-electron chi connectivity index (χ0n) is 17.4. The van der Waals surface area contributed by atoms with Crippen LogP contribution in [0.1, 0.15) is 32.0 Å². The standard InChI is InChI=1S/C26H18O6/c1-15-20(32-26(28)23-14-17-7-3-4-9-21(17)30-23)11-10-19-24(27)22(31-25(15)19)13-16-6-5-8-18(12-16)29-2/h3-14H,1-2H3/b22-13-. The van der Waals surface area contributed by atoms with Gasteiger partial charge in [0.05, 0.1) is 12.7 Å². The fourth-order valence-electron chi connectivity index (χ4n) is 3.59. The van der Waals surface area contributed by atoms with Crippen molar-refractivity contribution in [2.75, 3.05) is 7.11 Å². The predicted molar refractivity (Wildman–Crippen MR) is 118 cm³/mol. The average Bonchev–Trinajstić information content (AvgIpc) is 3.38. The van der Waals surface area contributed by atoms with Crippen molar-refractivity contribution >= 4 is 28.8 Å². The summed E-state index contributed by atoms with van der Waals surface area (Å²) in [4.78, 5) is 25.4. The minimum Gasteiger partial charge on any atom is -0.497 e. The van der Waals surface area contributed by atoms with E-state index in [0.717, 1.165) is 10.9 Å². The van der Waals surface area contributed by atoms with Crippen LogP contribution in [-0.4, -0.2) is 18.9 Å². The van der Waals surface area contributed by atoms with E-state index in [-0.39, 0.29) is 17.3 Å². The largest absolute Gasteiger partial charge is 0.497 e. The first kappa shape index (κ1) is 19.6. The van der Waals surface area contributed by atoms with E-state index in [1.165, 1.54) is 0 Å². The Hall–Kier alpha value is -4.32. The Balaban J connectivity index is 1.42. The van der Waals surface area contributed by atoms with Gasteiger partial charge in [0, 0.05) is 10.9 Å². The molecule has 6 nitrogen and oxygen atoms in total. The van der Waals surface area contributed by atoms with Gasteiger partial charge in [-0.15, -0.1) is 0 Å². The summed E-state index contributed by atoms with van der Waals surface area (Å²) in [6, 6.07) is 19.5. The molecule has 5 rings (SSSR count). The number of allylic oxidation sites excluding steroid dienone is 1. The van der Waals surface area contributed by atoms with Crippen LogP contribution in [0.2, 0.25) is 0 Å². The van der Waals surface area contributed by atoms with Crippen LogP contribution in [0.15, 0.2) is 76.9 Å². The summed E-state index contributed by atoms with van der Waals surface area (Å²) in [5.74, 6) is 0.780. The number of methoxy groups -OCH3 is 1. The van der Waals surface area contributed by atoms with Crippen LogP contribution in [0.4, 0.5) is 0 Å². The first-order chi connectivity index (χ1) is 15.5. The molecule has 0 bridgehead atoms. The molecule has 0 saturated carbocycles. The molecule has 4 aromatic rings. The monoisotopic (exact) mass is 426 g/mol. The van der Waals surface area contributed by atoms with Crippen molar-refractivity contribution in [2.24, 2.45) is 0 Å². The molecular weight excluding hydrogens is 408 g/mol. The topological polar surface area (TPSA) is 75.0 Å². The molecular formula is C26H18O6. The van der Waals surface area contributed by atoms with Gasteiger partial charge in [0.2, 0.25) is 11.5 Å². The highest BCUT2D eigenvalue weighted by molar-refractivity contribution is 6.15. The Kier molecular flexibility index (Phi) is 4.75. The van der Waals surface area contributed by atoms with E-state index < -0.39 is 5.97 Å². The predicted octanol–water partition coefficient (Wildman–Crippen LogP) is 5.59. The Morgan fingerprint density at radius 1 is 1.00 bits per heavy atom. The van der Waals surface area contributed by atoms with Gasteiger partial charge in [-0.05, 0) is 55.0 Å². The number of furan rings is 1. The van der Waals surface area contributed by atoms with Gasteiger partial charge in [0.25, 0.3) is 0 Å². The van der Waals surface area contributed by atoms with Gasteiger partial charge in [-0.3, -0.25) is 4.79 Å². The number of rotatable bonds is 4. The molecule has 0 spiro atoms. The first-order valence-corrected chi connectivity index (χ1v) is 9.96. The lowest BCUT2D eigenvalue weighted by Gasteiger charge is -2.09. The summed E-state index contributed by atoms with van der Waals surface area (Å²) >= 11 is 0. The molecule has 158 valence electrons. The van der Waals surface area contributed by atoms with Crippen LogP contribution >= 0.6 is 0 Å². The van der Waals surface area contributed by atoms with E-state index >= 15 is 0 Å². The lowest BCUT2D eigenvalue weighted by Crippen LogP contribution is -2.08. The molecule has 3 aromatic carbocycles. The number of hydrogen-bond acceptors (Lipinski definition) is 6. The lowest BCUT2D eigenvalue weighted by atomic mass is 10.1. The summed E-state index contributed by atoms with van der Waals surface area (Å²) in [6.07, 6.45) is 1.66. The highest BCUT2D eigenvalue weighted by Gasteiger charge is 2.31. The summed E-state index contributed by atoms with van der Waals surface area (Å²) in [5.41, 5.74) is 2.34. The maximum Gasteiger partial charge on any atom is 0.379 e. The normalized spacial score (nSPS) is 13.8. The number of carbonyl (C=O) groups is 2. The molecule has 0 unspecified atom stereocenters. The summed E-state index contributed by atoms with van der Waals surface area (Å²) in [6.45, 7) is 1.74. The zero-order chi connectivity index (χ0) is 22.2. The van der Waals surface area contributed by atoms with Gasteiger partial charge >= 0.3 is 5.97 Å². The molecule has 0 N–H and O–H groups in total. The third-order valence-electron chi connectivity index (χ3n) is 5.26. The van der Waals surface area contributed by atoms with E-state index in [1.54, 1.807) is 50.4 Å². The van der Waals surface area contributed by atoms with Crippen molar-refractivity contribution < 1.29 is 28.2 Å². The Morgan fingerprint density at radius 3 is 2.66 bits per heavy atom. The molecule has 0 radical (unpaired) electrons. The van der Waals surface area contributed by atoms with E-state index in [9.17, 15) is 9.59 Å². The van der Waals surface area contributed by atoms with Crippen LogP contribution in [0.3, 0.4) is 0 Å². The van der Waals surface area contributed by atoms with Gasteiger partial charge in [-0.1, -0.05) is 30.3 Å². The molecule has 0 atom stereocenters. The third-order valence-corrected chi connectivity index (χ3v) is 5.26. The maximum atomic E-state index is 12.8. The second-order valence-electron chi connectivity index (χ2n) is 7.32. The van der Waals surface area contributed by atoms with E-state index in [2.05, 4.69) is 0 Å². The van der Waals surface area contributed by atoms with E-state index in [0.29, 0.717) is 34.0 Å². The number of ketones is 1. The lowest BCUT2D eigenvalue weighted by molar-refractivity contribution is 0.0702. The molecule has 0 fully saturated rings. The van der Waals surface area contributed by atoms with Gasteiger partial charge < -0.3 is 18.6 Å². The first-order valence-electron chi connectivity index (χ1n) is 9.96. The van der Waals surface area contributed by atoms with Crippen molar-refractivity contribution in [1.82, 2.24) is 0 Å². The number of hydrogen-bond donors (Lipinski definition) is 0. The van der Waals surface area contributed by atoms with Crippen LogP contribution in [0.25, 0.3) is 17.0 Å². The summed E-state index contributed by atoms with van der Waals surface area (Å²) in [7, 11) is 1.58. The molecule has 2 heterocycles. The number of benzene rings is 3. The summed E-state index contributed by atoms with van der Waals surface area (Å²) in [5, 5.41) is 0.811. The van der Waals surface area contributed by atoms with Crippen molar-refractivity contribution in [2.45, 2.75) is 6.92 Å². The Bertz CT molecular complexity index is 1380. The van der Waals surface area contributed by atoms with Crippen molar-refractivity contribution in [1.29, 1.82) is 0 Å². The molecule has 6 heteroatoms. The molecule has 0 aliphatic carbocycles. The fraction of sp³-hybridized carbons (Fsp3) is 0.0769. The van der Waals surface area contributed by atoms with E-state index in [4.69, 9.17) is 18.6 Å². The quantitative estimate of drug-likeness (QED) is 0.241. The zero-order valence-corrected chi connectivity index (χ0v) is 17.4. The number of esters is 1. The molecule has 1 aliphatic rings. The second-order valence-corrected chi connectivity index (χ2v) is 7.32. The third kappa shape index (κ3) is 3.41. The minimum atomic E-state index is -0.624. The molecule has 32 heavy (non-hydrogen) atoms.